The zero-order valence-corrected chi connectivity index (χ0v) is 12.7. The van der Waals surface area contributed by atoms with Crippen LogP contribution in [0.2, 0.25) is 0 Å². The van der Waals surface area contributed by atoms with E-state index in [1.807, 2.05) is 25.1 Å². The molecule has 0 spiro atoms. The van der Waals surface area contributed by atoms with Crippen molar-refractivity contribution in [3.63, 3.8) is 0 Å². The number of aromatic nitrogens is 1. The molecule has 0 aliphatic carbocycles. The van der Waals surface area contributed by atoms with E-state index in [0.717, 1.165) is 35.3 Å². The first-order chi connectivity index (χ1) is 10.1. The molecule has 0 saturated carbocycles. The number of anilines is 2. The lowest BCUT2D eigenvalue weighted by atomic mass is 10.0. The molecular weight excluding hydrogens is 262 g/mol. The van der Waals surface area contributed by atoms with Crippen molar-refractivity contribution in [2.45, 2.75) is 33.6 Å². The van der Waals surface area contributed by atoms with Gasteiger partial charge in [0.2, 0.25) is 0 Å². The van der Waals surface area contributed by atoms with Gasteiger partial charge < -0.3 is 11.1 Å². The Labute approximate surface area is 125 Å². The van der Waals surface area contributed by atoms with E-state index in [4.69, 9.17) is 5.73 Å². The van der Waals surface area contributed by atoms with Crippen molar-refractivity contribution in [1.29, 1.82) is 0 Å². The highest BCUT2D eigenvalue weighted by Gasteiger charge is 2.14. The minimum absolute atomic E-state index is 0.212. The zero-order valence-electron chi connectivity index (χ0n) is 12.7. The second-order valence-electron chi connectivity index (χ2n) is 5.03. The second kappa shape index (κ2) is 6.39. The summed E-state index contributed by atoms with van der Waals surface area (Å²) in [5.41, 5.74) is 10.7. The monoisotopic (exact) mass is 283 g/mol. The molecule has 3 N–H and O–H groups in total. The van der Waals surface area contributed by atoms with Crippen LogP contribution in [0, 0.1) is 6.92 Å². The molecule has 21 heavy (non-hydrogen) atoms. The summed E-state index contributed by atoms with van der Waals surface area (Å²) in [5.74, 6) is -0.212. The Hall–Kier alpha value is -2.36. The second-order valence-corrected chi connectivity index (χ2v) is 5.03. The molecule has 1 aromatic carbocycles. The van der Waals surface area contributed by atoms with Gasteiger partial charge in [-0.25, -0.2) is 0 Å². The topological polar surface area (TPSA) is 68.0 Å². The molecule has 0 fully saturated rings. The van der Waals surface area contributed by atoms with Gasteiger partial charge in [-0.1, -0.05) is 32.0 Å². The van der Waals surface area contributed by atoms with Crippen molar-refractivity contribution >= 4 is 17.3 Å². The largest absolute Gasteiger partial charge is 0.398 e. The average molecular weight is 283 g/mol. The summed E-state index contributed by atoms with van der Waals surface area (Å²) < 4.78 is 0. The van der Waals surface area contributed by atoms with Crippen LogP contribution in [-0.2, 0) is 12.8 Å². The molecule has 4 heteroatoms. The number of nitrogens with one attached hydrogen (secondary N) is 1. The highest BCUT2D eigenvalue weighted by Crippen LogP contribution is 2.24. The SMILES string of the molecule is CCc1cccc(CC)c1NC(=O)c1cnc(C)cc1N. The predicted octanol–water partition coefficient (Wildman–Crippen LogP) is 3.35. The summed E-state index contributed by atoms with van der Waals surface area (Å²) in [4.78, 5) is 16.6. The summed E-state index contributed by atoms with van der Waals surface area (Å²) in [6, 6.07) is 7.80. The lowest BCUT2D eigenvalue weighted by molar-refractivity contribution is 0.102. The normalized spacial score (nSPS) is 10.4. The summed E-state index contributed by atoms with van der Waals surface area (Å²) in [7, 11) is 0. The number of hydrogen-bond acceptors (Lipinski definition) is 3. The van der Waals surface area contributed by atoms with Crippen molar-refractivity contribution in [1.82, 2.24) is 4.98 Å². The fourth-order valence-corrected chi connectivity index (χ4v) is 2.35. The molecule has 0 unspecified atom stereocenters. The van der Waals surface area contributed by atoms with E-state index in [9.17, 15) is 4.79 Å². The number of pyridine rings is 1. The summed E-state index contributed by atoms with van der Waals surface area (Å²) in [6.07, 6.45) is 3.26. The average Bonchev–Trinajstić information content (AvgIpc) is 2.47. The molecule has 0 aliphatic rings. The van der Waals surface area contributed by atoms with Crippen LogP contribution in [-0.4, -0.2) is 10.9 Å². The van der Waals surface area contributed by atoms with Crippen LogP contribution in [0.1, 0.15) is 41.0 Å². The first-order valence-electron chi connectivity index (χ1n) is 7.21. The Morgan fingerprint density at radius 2 is 1.86 bits per heavy atom. The third-order valence-electron chi connectivity index (χ3n) is 3.55. The Morgan fingerprint density at radius 1 is 1.24 bits per heavy atom. The molecule has 4 nitrogen and oxygen atoms in total. The maximum atomic E-state index is 12.5. The van der Waals surface area contributed by atoms with E-state index >= 15 is 0 Å². The van der Waals surface area contributed by atoms with E-state index in [1.54, 1.807) is 6.07 Å². The third kappa shape index (κ3) is 3.21. The molecule has 110 valence electrons. The van der Waals surface area contributed by atoms with Gasteiger partial charge in [0, 0.05) is 23.3 Å². The van der Waals surface area contributed by atoms with Gasteiger partial charge >= 0.3 is 0 Å². The highest BCUT2D eigenvalue weighted by atomic mass is 16.1. The number of nitrogen functional groups attached to an aromatic ring is 1. The summed E-state index contributed by atoms with van der Waals surface area (Å²) in [6.45, 7) is 6.00. The number of aryl methyl sites for hydroxylation is 3. The van der Waals surface area contributed by atoms with Crippen LogP contribution < -0.4 is 11.1 Å². The van der Waals surface area contributed by atoms with Crippen LogP contribution in [0.25, 0.3) is 0 Å². The van der Waals surface area contributed by atoms with Gasteiger partial charge in [0.1, 0.15) is 0 Å². The van der Waals surface area contributed by atoms with E-state index in [0.29, 0.717) is 11.3 Å². The fourth-order valence-electron chi connectivity index (χ4n) is 2.35. The van der Waals surface area contributed by atoms with Gasteiger partial charge in [-0.3, -0.25) is 9.78 Å². The number of benzene rings is 1. The van der Waals surface area contributed by atoms with Crippen molar-refractivity contribution in [3.05, 3.63) is 52.8 Å². The van der Waals surface area contributed by atoms with Gasteiger partial charge in [-0.2, -0.15) is 0 Å². The smallest absolute Gasteiger partial charge is 0.259 e. The Kier molecular flexibility index (Phi) is 4.58. The highest BCUT2D eigenvalue weighted by molar-refractivity contribution is 6.08. The van der Waals surface area contributed by atoms with Crippen LogP contribution >= 0.6 is 0 Å². The molecule has 1 heterocycles. The first-order valence-corrected chi connectivity index (χ1v) is 7.21. The molecule has 2 rings (SSSR count). The number of nitrogens with zero attached hydrogens (tertiary/aromatic N) is 1. The molecule has 0 saturated heterocycles. The summed E-state index contributed by atoms with van der Waals surface area (Å²) >= 11 is 0. The summed E-state index contributed by atoms with van der Waals surface area (Å²) in [5, 5.41) is 3.00. The molecule has 0 radical (unpaired) electrons. The van der Waals surface area contributed by atoms with Gasteiger partial charge in [-0.05, 0) is 37.0 Å². The molecule has 0 atom stereocenters. The van der Waals surface area contributed by atoms with E-state index in [1.165, 1.54) is 6.20 Å². The standard InChI is InChI=1S/C17H21N3O/c1-4-12-7-6-8-13(5-2)16(12)20-17(21)14-10-19-11(3)9-15(14)18/h6-10H,4-5H2,1-3H3,(H2,18,19)(H,20,21). The molecule has 1 aromatic heterocycles. The van der Waals surface area contributed by atoms with Gasteiger partial charge in [0.15, 0.2) is 0 Å². The molecule has 1 amide bonds. The van der Waals surface area contributed by atoms with Crippen LogP contribution in [0.4, 0.5) is 11.4 Å². The molecule has 0 aliphatic heterocycles. The third-order valence-corrected chi connectivity index (χ3v) is 3.55. The Bertz CT molecular complexity index is 643. The number of hydrogen-bond donors (Lipinski definition) is 2. The van der Waals surface area contributed by atoms with Crippen molar-refractivity contribution in [3.8, 4) is 0 Å². The quantitative estimate of drug-likeness (QED) is 0.904. The van der Waals surface area contributed by atoms with Gasteiger partial charge in [0.05, 0.1) is 5.56 Å². The van der Waals surface area contributed by atoms with Crippen LogP contribution in [0.15, 0.2) is 30.5 Å². The van der Waals surface area contributed by atoms with E-state index in [2.05, 4.69) is 24.1 Å². The fraction of sp³-hybridized carbons (Fsp3) is 0.294. The van der Waals surface area contributed by atoms with Gasteiger partial charge in [0.25, 0.3) is 5.91 Å². The zero-order chi connectivity index (χ0) is 15.4. The minimum atomic E-state index is -0.212. The molecule has 0 bridgehead atoms. The number of carbonyl (C=O) groups excluding carboxylic acids is 1. The van der Waals surface area contributed by atoms with Crippen LogP contribution in [0.3, 0.4) is 0 Å². The first kappa shape index (κ1) is 15.0. The maximum Gasteiger partial charge on any atom is 0.259 e. The van der Waals surface area contributed by atoms with E-state index in [-0.39, 0.29) is 5.91 Å². The number of nitrogens with two attached hydrogens (primary N) is 1. The Balaban J connectivity index is 2.35. The number of carbonyl (C=O) groups is 1. The predicted molar refractivity (Wildman–Crippen MR) is 86.5 cm³/mol. The number of amides is 1. The van der Waals surface area contributed by atoms with Crippen molar-refractivity contribution in [2.75, 3.05) is 11.1 Å². The maximum absolute atomic E-state index is 12.5. The van der Waals surface area contributed by atoms with Crippen LogP contribution in [0.5, 0.6) is 0 Å². The van der Waals surface area contributed by atoms with Crippen molar-refractivity contribution in [2.24, 2.45) is 0 Å². The number of rotatable bonds is 4. The molecule has 2 aromatic rings. The van der Waals surface area contributed by atoms with E-state index < -0.39 is 0 Å². The Morgan fingerprint density at radius 3 is 2.38 bits per heavy atom. The molecular formula is C17H21N3O. The lowest BCUT2D eigenvalue weighted by Gasteiger charge is -2.15. The number of para-hydroxylation sites is 1. The van der Waals surface area contributed by atoms with Gasteiger partial charge in [-0.15, -0.1) is 0 Å². The minimum Gasteiger partial charge on any atom is -0.398 e. The van der Waals surface area contributed by atoms with Crippen molar-refractivity contribution < 1.29 is 4.79 Å². The lowest BCUT2D eigenvalue weighted by Crippen LogP contribution is -2.17.